The summed E-state index contributed by atoms with van der Waals surface area (Å²) in [5.74, 6) is -0.477. The van der Waals surface area contributed by atoms with Crippen molar-refractivity contribution in [1.29, 1.82) is 5.41 Å². The summed E-state index contributed by atoms with van der Waals surface area (Å²) in [5.41, 5.74) is 1.86. The van der Waals surface area contributed by atoms with E-state index in [2.05, 4.69) is 5.32 Å². The average molecular weight is 206 g/mol. The normalized spacial score (nSPS) is 17.6. The second-order valence-corrected chi connectivity index (χ2v) is 3.06. The van der Waals surface area contributed by atoms with Crippen molar-refractivity contribution in [3.8, 4) is 0 Å². The Hall–Kier alpha value is -1.84. The second-order valence-electron chi connectivity index (χ2n) is 3.06. The lowest BCUT2D eigenvalue weighted by molar-refractivity contribution is -0.137. The van der Waals surface area contributed by atoms with E-state index in [-0.39, 0.29) is 5.57 Å². The van der Waals surface area contributed by atoms with Gasteiger partial charge in [-0.2, -0.15) is 0 Å². The van der Waals surface area contributed by atoms with Crippen LogP contribution >= 0.6 is 0 Å². The molecule has 2 N–H and O–H groups in total. The van der Waals surface area contributed by atoms with Crippen LogP contribution in [0.4, 0.5) is 0 Å². The first kappa shape index (κ1) is 11.2. The number of esters is 1. The fourth-order valence-corrected chi connectivity index (χ4v) is 1.19. The predicted molar refractivity (Wildman–Crippen MR) is 58.5 cm³/mol. The molecule has 0 aromatic carbocycles. The van der Waals surface area contributed by atoms with Crippen molar-refractivity contribution in [3.63, 3.8) is 0 Å². The number of ether oxygens (including phenoxy) is 1. The molecule has 0 aromatic rings. The molecule has 0 saturated carbocycles. The van der Waals surface area contributed by atoms with Gasteiger partial charge in [0.25, 0.3) is 0 Å². The first-order valence-corrected chi connectivity index (χ1v) is 4.72. The fourth-order valence-electron chi connectivity index (χ4n) is 1.19. The van der Waals surface area contributed by atoms with E-state index in [0.717, 1.165) is 11.8 Å². The Kier molecular flexibility index (Phi) is 3.85. The highest BCUT2D eigenvalue weighted by Gasteiger charge is 2.13. The van der Waals surface area contributed by atoms with Crippen molar-refractivity contribution in [3.05, 3.63) is 35.2 Å². The van der Waals surface area contributed by atoms with E-state index >= 15 is 0 Å². The lowest BCUT2D eigenvalue weighted by Gasteiger charge is -2.11. The molecule has 1 aliphatic rings. The summed E-state index contributed by atoms with van der Waals surface area (Å²) in [6.45, 7) is 3.96. The van der Waals surface area contributed by atoms with E-state index in [9.17, 15) is 4.79 Å². The van der Waals surface area contributed by atoms with Crippen LogP contribution in [0.5, 0.6) is 0 Å². The Balaban J connectivity index is 2.99. The number of nitrogens with one attached hydrogen (secondary N) is 2. The molecule has 1 aliphatic heterocycles. The summed E-state index contributed by atoms with van der Waals surface area (Å²) < 4.78 is 4.84. The molecule has 4 nitrogen and oxygen atoms in total. The monoisotopic (exact) mass is 206 g/mol. The van der Waals surface area contributed by atoms with Gasteiger partial charge in [-0.05, 0) is 31.6 Å². The number of dihydropyridines is 1. The Bertz CT molecular complexity index is 365. The van der Waals surface area contributed by atoms with E-state index in [1.807, 2.05) is 13.0 Å². The van der Waals surface area contributed by atoms with E-state index < -0.39 is 5.97 Å². The van der Waals surface area contributed by atoms with Crippen LogP contribution in [-0.4, -0.2) is 18.8 Å². The van der Waals surface area contributed by atoms with Crippen LogP contribution in [-0.2, 0) is 9.53 Å². The minimum Gasteiger partial charge on any atom is -0.462 e. The van der Waals surface area contributed by atoms with E-state index in [4.69, 9.17) is 10.1 Å². The number of hydrogen-bond acceptors (Lipinski definition) is 4. The third-order valence-corrected chi connectivity index (χ3v) is 1.89. The van der Waals surface area contributed by atoms with Crippen molar-refractivity contribution in [1.82, 2.24) is 5.32 Å². The van der Waals surface area contributed by atoms with E-state index in [0.29, 0.717) is 12.3 Å². The Morgan fingerprint density at radius 1 is 1.67 bits per heavy atom. The SMILES string of the molecule is CCOC(=O)/C(C=N)=C1\C=C(C)C=CN1. The van der Waals surface area contributed by atoms with E-state index in [1.165, 1.54) is 0 Å². The van der Waals surface area contributed by atoms with Gasteiger partial charge in [0.05, 0.1) is 12.3 Å². The van der Waals surface area contributed by atoms with Gasteiger partial charge in [0, 0.05) is 12.4 Å². The summed E-state index contributed by atoms with van der Waals surface area (Å²) in [5, 5.41) is 10.1. The van der Waals surface area contributed by atoms with Crippen molar-refractivity contribution in [2.75, 3.05) is 6.61 Å². The van der Waals surface area contributed by atoms with Crippen molar-refractivity contribution in [2.24, 2.45) is 0 Å². The molecule has 0 saturated heterocycles. The standard InChI is InChI=1S/C11H14N2O2/c1-3-15-11(14)9(7-12)10-6-8(2)4-5-13-10/h4-7,12-13H,3H2,1-2H3/b10-9+,12-7?. The maximum absolute atomic E-state index is 11.5. The maximum Gasteiger partial charge on any atom is 0.341 e. The smallest absolute Gasteiger partial charge is 0.341 e. The second kappa shape index (κ2) is 5.14. The topological polar surface area (TPSA) is 62.2 Å². The Morgan fingerprint density at radius 2 is 2.40 bits per heavy atom. The van der Waals surface area contributed by atoms with Gasteiger partial charge in [-0.3, -0.25) is 0 Å². The molecule has 0 aliphatic carbocycles. The molecule has 0 spiro atoms. The van der Waals surface area contributed by atoms with Gasteiger partial charge >= 0.3 is 5.97 Å². The fraction of sp³-hybridized carbons (Fsp3) is 0.273. The first-order chi connectivity index (χ1) is 7.19. The van der Waals surface area contributed by atoms with E-state index in [1.54, 1.807) is 19.2 Å². The number of carbonyl (C=O) groups excluding carboxylic acids is 1. The van der Waals surface area contributed by atoms with Crippen molar-refractivity contribution >= 4 is 12.2 Å². The predicted octanol–water partition coefficient (Wildman–Crippen LogP) is 1.52. The van der Waals surface area contributed by atoms with Gasteiger partial charge in [0.15, 0.2) is 0 Å². The number of rotatable bonds is 3. The molecule has 15 heavy (non-hydrogen) atoms. The molecular weight excluding hydrogens is 192 g/mol. The van der Waals surface area contributed by atoms with Crippen LogP contribution in [0, 0.1) is 5.41 Å². The first-order valence-electron chi connectivity index (χ1n) is 4.72. The zero-order valence-electron chi connectivity index (χ0n) is 8.83. The number of carbonyl (C=O) groups is 1. The van der Waals surface area contributed by atoms with Crippen LogP contribution in [0.1, 0.15) is 13.8 Å². The quantitative estimate of drug-likeness (QED) is 0.418. The van der Waals surface area contributed by atoms with Gasteiger partial charge in [0.2, 0.25) is 0 Å². The molecule has 0 aromatic heterocycles. The minimum absolute atomic E-state index is 0.237. The van der Waals surface area contributed by atoms with Crippen LogP contribution in [0.15, 0.2) is 35.2 Å². The molecule has 80 valence electrons. The summed E-state index contributed by atoms with van der Waals surface area (Å²) >= 11 is 0. The van der Waals surface area contributed by atoms with Gasteiger partial charge in [-0.1, -0.05) is 0 Å². The number of hydrogen-bond donors (Lipinski definition) is 2. The summed E-state index contributed by atoms with van der Waals surface area (Å²) in [6, 6.07) is 0. The molecule has 0 amide bonds. The highest BCUT2D eigenvalue weighted by Crippen LogP contribution is 2.11. The third kappa shape index (κ3) is 2.80. The summed E-state index contributed by atoms with van der Waals surface area (Å²) in [7, 11) is 0. The average Bonchev–Trinajstić information content (AvgIpc) is 2.19. The highest BCUT2D eigenvalue weighted by atomic mass is 16.5. The molecule has 0 bridgehead atoms. The Labute approximate surface area is 88.8 Å². The molecule has 0 radical (unpaired) electrons. The van der Waals surface area contributed by atoms with Gasteiger partial charge in [-0.25, -0.2) is 4.79 Å². The summed E-state index contributed by atoms with van der Waals surface area (Å²) in [6.07, 6.45) is 6.42. The zero-order valence-corrected chi connectivity index (χ0v) is 8.83. The van der Waals surface area contributed by atoms with Gasteiger partial charge in [-0.15, -0.1) is 0 Å². The maximum atomic E-state index is 11.5. The summed E-state index contributed by atoms with van der Waals surface area (Å²) in [4.78, 5) is 11.5. The molecule has 0 fully saturated rings. The van der Waals surface area contributed by atoms with Crippen LogP contribution < -0.4 is 5.32 Å². The third-order valence-electron chi connectivity index (χ3n) is 1.89. The largest absolute Gasteiger partial charge is 0.462 e. The molecule has 4 heteroatoms. The van der Waals surface area contributed by atoms with Crippen molar-refractivity contribution < 1.29 is 9.53 Å². The molecule has 0 unspecified atom stereocenters. The molecule has 0 atom stereocenters. The molecule has 1 rings (SSSR count). The number of allylic oxidation sites excluding steroid dienone is 3. The van der Waals surface area contributed by atoms with Crippen LogP contribution in [0.3, 0.4) is 0 Å². The lowest BCUT2D eigenvalue weighted by Crippen LogP contribution is -2.17. The Morgan fingerprint density at radius 3 is 2.93 bits per heavy atom. The van der Waals surface area contributed by atoms with Crippen LogP contribution in [0.25, 0.3) is 0 Å². The minimum atomic E-state index is -0.477. The van der Waals surface area contributed by atoms with Gasteiger partial charge < -0.3 is 15.5 Å². The van der Waals surface area contributed by atoms with Gasteiger partial charge in [0.1, 0.15) is 5.57 Å². The van der Waals surface area contributed by atoms with Crippen LogP contribution in [0.2, 0.25) is 0 Å². The molecule has 1 heterocycles. The molecular formula is C11H14N2O2. The zero-order chi connectivity index (χ0) is 11.3. The highest BCUT2D eigenvalue weighted by molar-refractivity contribution is 6.09. The lowest BCUT2D eigenvalue weighted by atomic mass is 10.1. The van der Waals surface area contributed by atoms with Crippen molar-refractivity contribution in [2.45, 2.75) is 13.8 Å².